The Labute approximate surface area is 219 Å². The van der Waals surface area contributed by atoms with E-state index in [1.165, 1.54) is 10.5 Å². The van der Waals surface area contributed by atoms with E-state index >= 15 is 0 Å². The highest BCUT2D eigenvalue weighted by Gasteiger charge is 2.38. The number of piperazine rings is 1. The number of alkyl halides is 3. The number of anilines is 1. The van der Waals surface area contributed by atoms with Crippen molar-refractivity contribution in [2.75, 3.05) is 30.8 Å². The number of aromatic nitrogens is 4. The molecule has 0 saturated carbocycles. The van der Waals surface area contributed by atoms with E-state index < -0.39 is 44.8 Å². The summed E-state index contributed by atoms with van der Waals surface area (Å²) in [6.07, 6.45) is -1.15. The molecule has 1 atom stereocenters. The lowest BCUT2D eigenvalue weighted by Crippen LogP contribution is -2.56. The fraction of sp³-hybridized carbons (Fsp3) is 0.292. The van der Waals surface area contributed by atoms with Crippen LogP contribution >= 0.6 is 0 Å². The van der Waals surface area contributed by atoms with Gasteiger partial charge in [0, 0.05) is 25.7 Å². The van der Waals surface area contributed by atoms with Gasteiger partial charge >= 0.3 is 6.18 Å². The highest BCUT2D eigenvalue weighted by Crippen LogP contribution is 2.38. The number of aromatic hydroxyl groups is 1. The van der Waals surface area contributed by atoms with E-state index in [-0.39, 0.29) is 48.7 Å². The molecule has 0 unspecified atom stereocenters. The van der Waals surface area contributed by atoms with E-state index in [2.05, 4.69) is 15.1 Å². The Bertz CT molecular complexity index is 1650. The number of hydrogen-bond donors (Lipinski definition) is 1. The zero-order valence-corrected chi connectivity index (χ0v) is 21.1. The van der Waals surface area contributed by atoms with Crippen LogP contribution in [0.15, 0.2) is 48.8 Å². The number of fused-ring (bicyclic) bond motifs is 1. The summed E-state index contributed by atoms with van der Waals surface area (Å²) >= 11 is 0. The molecule has 0 amide bonds. The molecule has 2 aromatic heterocycles. The van der Waals surface area contributed by atoms with E-state index in [9.17, 15) is 35.5 Å². The molecule has 0 spiro atoms. The summed E-state index contributed by atoms with van der Waals surface area (Å²) < 4.78 is 94.7. The Morgan fingerprint density at radius 2 is 1.79 bits per heavy atom. The van der Waals surface area contributed by atoms with Gasteiger partial charge in [-0.2, -0.15) is 22.6 Å². The number of nitrogens with zero attached hydrogens (tertiary/aromatic N) is 6. The first kappa shape index (κ1) is 26.7. The Morgan fingerprint density at radius 1 is 1.08 bits per heavy atom. The van der Waals surface area contributed by atoms with Crippen molar-refractivity contribution in [3.63, 3.8) is 0 Å². The fourth-order valence-corrected chi connectivity index (χ4v) is 5.36. The average molecular weight is 569 g/mol. The Balaban J connectivity index is 1.52. The lowest BCUT2D eigenvalue weighted by atomic mass is 10.0. The third-order valence-corrected chi connectivity index (χ3v) is 7.71. The standard InChI is InChI=1S/C24H21F5N6O3S/c1-39(37,38)33-7-8-34(15(12-33)9-14-5-3-2-4-6-14)23-30-11-17-18(31-23)13-35(32-17)19-10-16(24(27,28)29)20(25)22(36)21(19)26/h2-6,10-11,13,15,36H,7-9,12H2,1H3/t15-/m1/s1. The van der Waals surface area contributed by atoms with Gasteiger partial charge < -0.3 is 10.0 Å². The Morgan fingerprint density at radius 3 is 2.46 bits per heavy atom. The number of benzene rings is 2. The molecular formula is C24H21F5N6O3S. The number of hydrogen-bond acceptors (Lipinski definition) is 7. The molecule has 0 bridgehead atoms. The van der Waals surface area contributed by atoms with Crippen molar-refractivity contribution in [2.45, 2.75) is 18.6 Å². The molecule has 5 rings (SSSR count). The van der Waals surface area contributed by atoms with Gasteiger partial charge in [0.2, 0.25) is 16.0 Å². The molecule has 1 aliphatic heterocycles. The molecule has 0 aliphatic carbocycles. The minimum atomic E-state index is -5.19. The maximum atomic E-state index is 14.6. The quantitative estimate of drug-likeness (QED) is 0.368. The second-order valence-electron chi connectivity index (χ2n) is 9.09. The third-order valence-electron chi connectivity index (χ3n) is 6.44. The van der Waals surface area contributed by atoms with E-state index in [1.807, 2.05) is 35.2 Å². The number of phenols is 1. The van der Waals surface area contributed by atoms with Crippen LogP contribution in [-0.4, -0.2) is 69.5 Å². The van der Waals surface area contributed by atoms with Gasteiger partial charge in [0.05, 0.1) is 24.2 Å². The summed E-state index contributed by atoms with van der Waals surface area (Å²) in [5.74, 6) is -5.31. The summed E-state index contributed by atoms with van der Waals surface area (Å²) in [4.78, 5) is 10.6. The molecule has 1 fully saturated rings. The zero-order valence-electron chi connectivity index (χ0n) is 20.3. The highest BCUT2D eigenvalue weighted by molar-refractivity contribution is 7.88. The maximum Gasteiger partial charge on any atom is 0.419 e. The van der Waals surface area contributed by atoms with E-state index in [0.717, 1.165) is 22.7 Å². The minimum Gasteiger partial charge on any atom is -0.503 e. The maximum absolute atomic E-state index is 14.6. The van der Waals surface area contributed by atoms with E-state index in [4.69, 9.17) is 0 Å². The molecule has 4 aromatic rings. The molecule has 15 heteroatoms. The predicted octanol–water partition coefficient (Wildman–Crippen LogP) is 3.51. The van der Waals surface area contributed by atoms with Crippen molar-refractivity contribution in [1.82, 2.24) is 24.1 Å². The van der Waals surface area contributed by atoms with Crippen molar-refractivity contribution in [3.8, 4) is 11.4 Å². The fourth-order valence-electron chi connectivity index (χ4n) is 4.51. The van der Waals surface area contributed by atoms with Gasteiger partial charge in [-0.05, 0) is 18.1 Å². The first-order valence-electron chi connectivity index (χ1n) is 11.6. The van der Waals surface area contributed by atoms with Crippen LogP contribution in [0.25, 0.3) is 16.7 Å². The summed E-state index contributed by atoms with van der Waals surface area (Å²) in [7, 11) is -3.45. The van der Waals surface area contributed by atoms with Crippen LogP contribution in [0.4, 0.5) is 27.9 Å². The lowest BCUT2D eigenvalue weighted by molar-refractivity contribution is -0.140. The van der Waals surface area contributed by atoms with Gasteiger partial charge in [0.1, 0.15) is 16.7 Å². The summed E-state index contributed by atoms with van der Waals surface area (Å²) in [6, 6.07) is 9.28. The van der Waals surface area contributed by atoms with Gasteiger partial charge in [0.25, 0.3) is 0 Å². The van der Waals surface area contributed by atoms with Gasteiger partial charge in [-0.25, -0.2) is 31.8 Å². The average Bonchev–Trinajstić information content (AvgIpc) is 3.30. The highest BCUT2D eigenvalue weighted by atomic mass is 32.2. The van der Waals surface area contributed by atoms with Crippen LogP contribution in [0, 0.1) is 11.6 Å². The topological polar surface area (TPSA) is 104 Å². The Kier molecular flexibility index (Phi) is 6.66. The minimum absolute atomic E-state index is 0.102. The van der Waals surface area contributed by atoms with Gasteiger partial charge in [-0.1, -0.05) is 30.3 Å². The number of halogens is 5. The second kappa shape index (κ2) is 9.72. The predicted molar refractivity (Wildman–Crippen MR) is 131 cm³/mol. The molecule has 1 aliphatic rings. The normalized spacial score (nSPS) is 17.2. The van der Waals surface area contributed by atoms with Crippen LogP contribution in [0.5, 0.6) is 5.75 Å². The monoisotopic (exact) mass is 568 g/mol. The number of phenolic OH excluding ortho intramolecular Hbond substituents is 1. The molecule has 2 aromatic carbocycles. The van der Waals surface area contributed by atoms with Crippen LogP contribution < -0.4 is 4.90 Å². The van der Waals surface area contributed by atoms with Gasteiger partial charge in [-0.15, -0.1) is 0 Å². The van der Waals surface area contributed by atoms with Crippen LogP contribution in [0.3, 0.4) is 0 Å². The molecule has 0 radical (unpaired) electrons. The smallest absolute Gasteiger partial charge is 0.419 e. The molecule has 39 heavy (non-hydrogen) atoms. The molecule has 206 valence electrons. The van der Waals surface area contributed by atoms with E-state index in [0.29, 0.717) is 6.42 Å². The van der Waals surface area contributed by atoms with Crippen LogP contribution in [-0.2, 0) is 22.6 Å². The van der Waals surface area contributed by atoms with Crippen LogP contribution in [0.2, 0.25) is 0 Å². The summed E-state index contributed by atoms with van der Waals surface area (Å²) in [5.41, 5.74) is -1.48. The second-order valence-corrected chi connectivity index (χ2v) is 11.1. The number of rotatable bonds is 5. The summed E-state index contributed by atoms with van der Waals surface area (Å²) in [6.45, 7) is 0.624. The van der Waals surface area contributed by atoms with Crippen molar-refractivity contribution < 1.29 is 35.5 Å². The molecule has 3 heterocycles. The SMILES string of the molecule is CS(=O)(=O)N1CCN(c2ncc3nn(-c4cc(C(F)(F)F)c(F)c(O)c4F)cc3n2)[C@H](Cc2ccccc2)C1. The van der Waals surface area contributed by atoms with Gasteiger partial charge in [-0.3, -0.25) is 0 Å². The third kappa shape index (κ3) is 5.23. The molecule has 9 nitrogen and oxygen atoms in total. The van der Waals surface area contributed by atoms with Crippen LogP contribution in [0.1, 0.15) is 11.1 Å². The van der Waals surface area contributed by atoms with E-state index in [1.54, 1.807) is 0 Å². The first-order chi connectivity index (χ1) is 18.3. The molecule has 1 saturated heterocycles. The summed E-state index contributed by atoms with van der Waals surface area (Å²) in [5, 5.41) is 13.6. The zero-order chi connectivity index (χ0) is 28.1. The molecular weight excluding hydrogens is 547 g/mol. The Hall–Kier alpha value is -3.85. The lowest BCUT2D eigenvalue weighted by Gasteiger charge is -2.40. The first-order valence-corrected chi connectivity index (χ1v) is 13.4. The van der Waals surface area contributed by atoms with Gasteiger partial charge in [0.15, 0.2) is 17.4 Å². The van der Waals surface area contributed by atoms with Crippen molar-refractivity contribution in [2.24, 2.45) is 0 Å². The van der Waals surface area contributed by atoms with Crippen molar-refractivity contribution in [1.29, 1.82) is 0 Å². The number of sulfonamides is 1. The largest absolute Gasteiger partial charge is 0.503 e. The molecule has 1 N–H and O–H groups in total. The van der Waals surface area contributed by atoms with Crippen molar-refractivity contribution >= 4 is 27.0 Å². The van der Waals surface area contributed by atoms with Crippen molar-refractivity contribution in [3.05, 3.63) is 71.6 Å².